The fraction of sp³-hybridized carbons (Fsp3) is 0.368. The van der Waals surface area contributed by atoms with Gasteiger partial charge in [-0.25, -0.2) is 4.98 Å². The molecule has 1 aromatic carbocycles. The van der Waals surface area contributed by atoms with Crippen molar-refractivity contribution in [3.05, 3.63) is 53.7 Å². The van der Waals surface area contributed by atoms with E-state index in [-0.39, 0.29) is 0 Å². The smallest absolute Gasteiger partial charge is 0.218 e. The Labute approximate surface area is 149 Å². The first-order chi connectivity index (χ1) is 12.2. The monoisotopic (exact) mass is 342 g/mol. The van der Waals surface area contributed by atoms with Crippen LogP contribution >= 0.6 is 0 Å². The SMILES string of the molecule is CCOc1ccc(CN(C)C(=NC)NCc2cccnc2OC)cc1. The first-order valence-corrected chi connectivity index (χ1v) is 8.29. The zero-order valence-corrected chi connectivity index (χ0v) is 15.3. The normalized spacial score (nSPS) is 11.1. The zero-order valence-electron chi connectivity index (χ0n) is 15.3. The molecule has 1 aromatic heterocycles. The van der Waals surface area contributed by atoms with Gasteiger partial charge < -0.3 is 19.7 Å². The summed E-state index contributed by atoms with van der Waals surface area (Å²) in [6.45, 7) is 4.00. The average Bonchev–Trinajstić information content (AvgIpc) is 2.64. The van der Waals surface area contributed by atoms with Crippen LogP contribution in [0.1, 0.15) is 18.1 Å². The van der Waals surface area contributed by atoms with Crippen molar-refractivity contribution in [2.45, 2.75) is 20.0 Å². The van der Waals surface area contributed by atoms with Crippen molar-refractivity contribution in [3.63, 3.8) is 0 Å². The summed E-state index contributed by atoms with van der Waals surface area (Å²) in [6, 6.07) is 12.0. The van der Waals surface area contributed by atoms with Crippen LogP contribution in [0.15, 0.2) is 47.6 Å². The second-order valence-electron chi connectivity index (χ2n) is 5.51. The van der Waals surface area contributed by atoms with E-state index in [1.54, 1.807) is 20.4 Å². The Morgan fingerprint density at radius 3 is 2.64 bits per heavy atom. The van der Waals surface area contributed by atoms with Gasteiger partial charge in [0.05, 0.1) is 13.7 Å². The number of aliphatic imine (C=N–C) groups is 1. The molecular weight excluding hydrogens is 316 g/mol. The molecule has 2 aromatic rings. The Morgan fingerprint density at radius 1 is 1.24 bits per heavy atom. The molecule has 0 bridgehead atoms. The van der Waals surface area contributed by atoms with E-state index >= 15 is 0 Å². The van der Waals surface area contributed by atoms with Crippen molar-refractivity contribution in [2.24, 2.45) is 4.99 Å². The van der Waals surface area contributed by atoms with Crippen LogP contribution in [0.4, 0.5) is 0 Å². The molecule has 0 atom stereocenters. The number of aromatic nitrogens is 1. The lowest BCUT2D eigenvalue weighted by Crippen LogP contribution is -2.38. The molecule has 0 fully saturated rings. The van der Waals surface area contributed by atoms with E-state index in [1.807, 2.05) is 38.2 Å². The van der Waals surface area contributed by atoms with Crippen molar-refractivity contribution in [2.75, 3.05) is 27.8 Å². The summed E-state index contributed by atoms with van der Waals surface area (Å²) in [4.78, 5) is 10.6. The van der Waals surface area contributed by atoms with Gasteiger partial charge in [0, 0.05) is 38.9 Å². The molecule has 2 rings (SSSR count). The highest BCUT2D eigenvalue weighted by atomic mass is 16.5. The van der Waals surface area contributed by atoms with Gasteiger partial charge in [-0.05, 0) is 30.7 Å². The van der Waals surface area contributed by atoms with E-state index in [1.165, 1.54) is 5.56 Å². The molecule has 0 radical (unpaired) electrons. The lowest BCUT2D eigenvalue weighted by atomic mass is 10.2. The lowest BCUT2D eigenvalue weighted by molar-refractivity contribution is 0.340. The summed E-state index contributed by atoms with van der Waals surface area (Å²) in [5.74, 6) is 2.32. The fourth-order valence-electron chi connectivity index (χ4n) is 2.51. The Bertz CT molecular complexity index is 686. The number of hydrogen-bond donors (Lipinski definition) is 1. The number of pyridine rings is 1. The minimum Gasteiger partial charge on any atom is -0.494 e. The molecule has 1 heterocycles. The van der Waals surface area contributed by atoms with E-state index in [0.29, 0.717) is 19.0 Å². The van der Waals surface area contributed by atoms with Crippen LogP contribution in [0.25, 0.3) is 0 Å². The summed E-state index contributed by atoms with van der Waals surface area (Å²) < 4.78 is 10.8. The maximum Gasteiger partial charge on any atom is 0.218 e. The number of guanidine groups is 1. The molecule has 0 saturated carbocycles. The van der Waals surface area contributed by atoms with Gasteiger partial charge in [0.2, 0.25) is 5.88 Å². The minimum absolute atomic E-state index is 0.595. The molecule has 6 heteroatoms. The highest BCUT2D eigenvalue weighted by Gasteiger charge is 2.09. The highest BCUT2D eigenvalue weighted by molar-refractivity contribution is 5.79. The van der Waals surface area contributed by atoms with Crippen molar-refractivity contribution in [1.82, 2.24) is 15.2 Å². The second kappa shape index (κ2) is 9.52. The summed E-state index contributed by atoms with van der Waals surface area (Å²) in [6.07, 6.45) is 1.72. The van der Waals surface area contributed by atoms with Crippen LogP contribution in [0, 0.1) is 0 Å². The van der Waals surface area contributed by atoms with Gasteiger partial charge in [-0.2, -0.15) is 0 Å². The summed E-state index contributed by atoms with van der Waals surface area (Å²) >= 11 is 0. The minimum atomic E-state index is 0.595. The Morgan fingerprint density at radius 2 is 2.00 bits per heavy atom. The van der Waals surface area contributed by atoms with Crippen LogP contribution in [-0.4, -0.2) is 43.7 Å². The molecule has 0 aliphatic heterocycles. The predicted molar refractivity (Wildman–Crippen MR) is 100 cm³/mol. The van der Waals surface area contributed by atoms with Crippen LogP contribution in [0.2, 0.25) is 0 Å². The maximum absolute atomic E-state index is 5.48. The van der Waals surface area contributed by atoms with Gasteiger partial charge in [0.15, 0.2) is 5.96 Å². The standard InChI is InChI=1S/C19H26N4O2/c1-5-25-17-10-8-15(9-11-17)14-23(3)19(20-2)22-13-16-7-6-12-21-18(16)24-4/h6-12H,5,13-14H2,1-4H3,(H,20,22). The predicted octanol–water partition coefficient (Wildman–Crippen LogP) is 2.70. The average molecular weight is 342 g/mol. The van der Waals surface area contributed by atoms with Crippen LogP contribution < -0.4 is 14.8 Å². The van der Waals surface area contributed by atoms with E-state index < -0.39 is 0 Å². The van der Waals surface area contributed by atoms with Crippen molar-refractivity contribution < 1.29 is 9.47 Å². The summed E-state index contributed by atoms with van der Waals surface area (Å²) in [5, 5.41) is 3.34. The number of rotatable bonds is 7. The molecule has 0 aliphatic rings. The number of methoxy groups -OCH3 is 1. The van der Waals surface area contributed by atoms with Crippen LogP contribution in [-0.2, 0) is 13.1 Å². The molecule has 25 heavy (non-hydrogen) atoms. The third kappa shape index (κ3) is 5.38. The number of hydrogen-bond acceptors (Lipinski definition) is 4. The number of benzene rings is 1. The van der Waals surface area contributed by atoms with E-state index in [9.17, 15) is 0 Å². The van der Waals surface area contributed by atoms with Gasteiger partial charge in [-0.1, -0.05) is 18.2 Å². The summed E-state index contributed by atoms with van der Waals surface area (Å²) in [5.41, 5.74) is 2.17. The molecule has 0 amide bonds. The highest BCUT2D eigenvalue weighted by Crippen LogP contribution is 2.14. The molecule has 0 aliphatic carbocycles. The van der Waals surface area contributed by atoms with Crippen molar-refractivity contribution in [1.29, 1.82) is 0 Å². The van der Waals surface area contributed by atoms with E-state index in [0.717, 1.165) is 23.8 Å². The van der Waals surface area contributed by atoms with E-state index in [2.05, 4.69) is 32.3 Å². The second-order valence-corrected chi connectivity index (χ2v) is 5.51. The van der Waals surface area contributed by atoms with Crippen molar-refractivity contribution >= 4 is 5.96 Å². The Kier molecular flexibility index (Phi) is 7.07. The number of nitrogens with zero attached hydrogens (tertiary/aromatic N) is 3. The van der Waals surface area contributed by atoms with Crippen LogP contribution in [0.5, 0.6) is 11.6 Å². The van der Waals surface area contributed by atoms with Gasteiger partial charge in [-0.15, -0.1) is 0 Å². The topological polar surface area (TPSA) is 59.0 Å². The zero-order chi connectivity index (χ0) is 18.1. The molecule has 0 spiro atoms. The van der Waals surface area contributed by atoms with Gasteiger partial charge in [0.25, 0.3) is 0 Å². The van der Waals surface area contributed by atoms with Gasteiger partial charge >= 0.3 is 0 Å². The maximum atomic E-state index is 5.48. The molecule has 6 nitrogen and oxygen atoms in total. The lowest BCUT2D eigenvalue weighted by Gasteiger charge is -2.22. The molecule has 0 saturated heterocycles. The number of ether oxygens (including phenoxy) is 2. The number of nitrogens with one attached hydrogen (secondary N) is 1. The Balaban J connectivity index is 1.95. The first kappa shape index (κ1) is 18.6. The molecule has 0 unspecified atom stereocenters. The van der Waals surface area contributed by atoms with E-state index in [4.69, 9.17) is 9.47 Å². The fourth-order valence-corrected chi connectivity index (χ4v) is 2.51. The van der Waals surface area contributed by atoms with Crippen LogP contribution in [0.3, 0.4) is 0 Å². The largest absolute Gasteiger partial charge is 0.494 e. The van der Waals surface area contributed by atoms with Gasteiger partial charge in [0.1, 0.15) is 5.75 Å². The third-order valence-electron chi connectivity index (χ3n) is 3.71. The quantitative estimate of drug-likeness (QED) is 0.619. The Hall–Kier alpha value is -2.76. The summed E-state index contributed by atoms with van der Waals surface area (Å²) in [7, 11) is 5.41. The molecule has 1 N–H and O–H groups in total. The van der Waals surface area contributed by atoms with Gasteiger partial charge in [-0.3, -0.25) is 4.99 Å². The molecule has 134 valence electrons. The molecular formula is C19H26N4O2. The van der Waals surface area contributed by atoms with Crippen molar-refractivity contribution in [3.8, 4) is 11.6 Å². The first-order valence-electron chi connectivity index (χ1n) is 8.29. The third-order valence-corrected chi connectivity index (χ3v) is 3.71.